The molecule has 2 saturated heterocycles. The van der Waals surface area contributed by atoms with Gasteiger partial charge in [0, 0.05) is 37.8 Å². The first-order valence-corrected chi connectivity index (χ1v) is 8.87. The lowest BCUT2D eigenvalue weighted by atomic mass is 10.1. The third-order valence-corrected chi connectivity index (χ3v) is 4.92. The number of hydrogen-bond donors (Lipinski definition) is 0. The maximum atomic E-state index is 12.9. The van der Waals surface area contributed by atoms with Crippen molar-refractivity contribution < 1.29 is 27.2 Å². The van der Waals surface area contributed by atoms with Crippen LogP contribution in [-0.4, -0.2) is 66.0 Å². The van der Waals surface area contributed by atoms with Crippen molar-refractivity contribution in [1.29, 1.82) is 5.26 Å². The van der Waals surface area contributed by atoms with Crippen molar-refractivity contribution in [2.45, 2.75) is 12.4 Å². The molecule has 3 heterocycles. The second-order valence-electron chi connectivity index (χ2n) is 6.71. The number of carbonyl (C=O) groups is 1. The molecule has 0 aliphatic carbocycles. The zero-order valence-corrected chi connectivity index (χ0v) is 15.1. The Kier molecular flexibility index (Phi) is 4.79. The van der Waals surface area contributed by atoms with Crippen LogP contribution >= 0.6 is 0 Å². The second-order valence-corrected chi connectivity index (χ2v) is 6.71. The lowest BCUT2D eigenvalue weighted by molar-refractivity contribution is -0.274. The van der Waals surface area contributed by atoms with Crippen molar-refractivity contribution in [2.75, 3.05) is 37.6 Å². The Balaban J connectivity index is 1.53. The Bertz CT molecular complexity index is 955. The number of fused-ring (bicyclic) bond motifs is 1. The standard InChI is InChI=1S/C18H16F3N5O3/c19-18(20,21)28-13-3-1-2-12(8-13)14-9-16(29-23-14)26-7-6-25-5-4-24(11-22)10-15(25)17(26)27/h1-3,8-9,15H,4-7,10H2. The minimum absolute atomic E-state index is 0.201. The second kappa shape index (κ2) is 7.29. The predicted octanol–water partition coefficient (Wildman–Crippen LogP) is 2.05. The maximum Gasteiger partial charge on any atom is 0.573 e. The number of halogens is 3. The van der Waals surface area contributed by atoms with Crippen LogP contribution in [0.1, 0.15) is 0 Å². The third-order valence-electron chi connectivity index (χ3n) is 4.92. The summed E-state index contributed by atoms with van der Waals surface area (Å²) in [7, 11) is 0. The molecule has 0 saturated carbocycles. The number of amides is 1. The van der Waals surface area contributed by atoms with Crippen molar-refractivity contribution in [1.82, 2.24) is 15.0 Å². The zero-order chi connectivity index (χ0) is 20.6. The molecule has 2 aromatic rings. The molecule has 2 aliphatic rings. The van der Waals surface area contributed by atoms with Crippen LogP contribution in [0, 0.1) is 11.5 Å². The van der Waals surface area contributed by atoms with Crippen molar-refractivity contribution in [3.05, 3.63) is 30.3 Å². The van der Waals surface area contributed by atoms with Gasteiger partial charge in [0.1, 0.15) is 17.5 Å². The Morgan fingerprint density at radius 2 is 2.00 bits per heavy atom. The van der Waals surface area contributed by atoms with E-state index in [0.29, 0.717) is 38.3 Å². The molecule has 1 unspecified atom stereocenters. The number of hydrogen-bond acceptors (Lipinski definition) is 7. The fourth-order valence-electron chi connectivity index (χ4n) is 3.53. The van der Waals surface area contributed by atoms with Gasteiger partial charge < -0.3 is 14.2 Å². The van der Waals surface area contributed by atoms with E-state index in [9.17, 15) is 18.0 Å². The number of piperazine rings is 2. The smallest absolute Gasteiger partial charge is 0.406 e. The molecule has 1 amide bonds. The summed E-state index contributed by atoms with van der Waals surface area (Å²) in [6.45, 7) is 2.55. The predicted molar refractivity (Wildman–Crippen MR) is 93.5 cm³/mol. The molecule has 0 spiro atoms. The third kappa shape index (κ3) is 3.97. The molecule has 1 atom stereocenters. The number of alkyl halides is 3. The Labute approximate surface area is 163 Å². The first kappa shape index (κ1) is 19.1. The van der Waals surface area contributed by atoms with Crippen LogP contribution in [0.5, 0.6) is 5.75 Å². The number of ether oxygens (including phenoxy) is 1. The summed E-state index contributed by atoms with van der Waals surface area (Å²) in [4.78, 5) is 17.9. The molecule has 1 aromatic carbocycles. The van der Waals surface area contributed by atoms with Gasteiger partial charge in [0.15, 0.2) is 6.19 Å². The Hall–Kier alpha value is -3.26. The molecule has 2 aliphatic heterocycles. The summed E-state index contributed by atoms with van der Waals surface area (Å²) in [6.07, 6.45) is -2.73. The minimum atomic E-state index is -4.79. The molecule has 152 valence electrons. The first-order chi connectivity index (χ1) is 13.8. The normalized spacial score (nSPS) is 20.3. The van der Waals surface area contributed by atoms with Gasteiger partial charge in [-0.1, -0.05) is 17.3 Å². The lowest BCUT2D eigenvalue weighted by Crippen LogP contribution is -2.64. The molecule has 0 bridgehead atoms. The van der Waals surface area contributed by atoms with E-state index in [-0.39, 0.29) is 23.2 Å². The van der Waals surface area contributed by atoms with E-state index >= 15 is 0 Å². The highest BCUT2D eigenvalue weighted by Crippen LogP contribution is 2.31. The number of rotatable bonds is 3. The molecule has 2 fully saturated rings. The molecule has 8 nitrogen and oxygen atoms in total. The molecule has 11 heteroatoms. The van der Waals surface area contributed by atoms with Gasteiger partial charge in [-0.25, -0.2) is 0 Å². The average molecular weight is 407 g/mol. The van der Waals surface area contributed by atoms with E-state index in [1.165, 1.54) is 29.2 Å². The van der Waals surface area contributed by atoms with Gasteiger partial charge in [0.2, 0.25) is 11.8 Å². The van der Waals surface area contributed by atoms with Crippen LogP contribution in [0.25, 0.3) is 11.3 Å². The largest absolute Gasteiger partial charge is 0.573 e. The van der Waals surface area contributed by atoms with Crippen molar-refractivity contribution >= 4 is 11.8 Å². The van der Waals surface area contributed by atoms with E-state index in [1.54, 1.807) is 11.0 Å². The minimum Gasteiger partial charge on any atom is -0.406 e. The SMILES string of the molecule is N#CN1CCN2CCN(c3cc(-c4cccc(OC(F)(F)F)c4)no3)C(=O)C2C1. The van der Waals surface area contributed by atoms with Crippen molar-refractivity contribution in [3.63, 3.8) is 0 Å². The molecule has 0 radical (unpaired) electrons. The topological polar surface area (TPSA) is 85.8 Å². The van der Waals surface area contributed by atoms with E-state index in [1.807, 2.05) is 4.90 Å². The zero-order valence-electron chi connectivity index (χ0n) is 15.1. The van der Waals surface area contributed by atoms with Crippen LogP contribution < -0.4 is 9.64 Å². The van der Waals surface area contributed by atoms with Gasteiger partial charge >= 0.3 is 6.36 Å². The van der Waals surface area contributed by atoms with Crippen molar-refractivity contribution in [3.8, 4) is 23.2 Å². The summed E-state index contributed by atoms with van der Waals surface area (Å²) in [5, 5.41) is 13.0. The summed E-state index contributed by atoms with van der Waals surface area (Å²) in [6, 6.07) is 6.41. The van der Waals surface area contributed by atoms with Crippen LogP contribution in [0.3, 0.4) is 0 Å². The highest BCUT2D eigenvalue weighted by atomic mass is 19.4. The number of nitriles is 1. The average Bonchev–Trinajstić information content (AvgIpc) is 3.17. The number of carbonyl (C=O) groups excluding carboxylic acids is 1. The number of nitrogens with zero attached hydrogens (tertiary/aromatic N) is 5. The number of anilines is 1. The summed E-state index contributed by atoms with van der Waals surface area (Å²) < 4.78 is 46.5. The van der Waals surface area contributed by atoms with Crippen LogP contribution in [0.2, 0.25) is 0 Å². The summed E-state index contributed by atoms with van der Waals surface area (Å²) in [5.74, 6) is -0.364. The number of aromatic nitrogens is 1. The number of benzene rings is 1. The van der Waals surface area contributed by atoms with Crippen LogP contribution in [0.4, 0.5) is 19.1 Å². The molecule has 4 rings (SSSR count). The van der Waals surface area contributed by atoms with Gasteiger partial charge in [-0.3, -0.25) is 14.6 Å². The van der Waals surface area contributed by atoms with E-state index < -0.39 is 12.4 Å². The molecular weight excluding hydrogens is 391 g/mol. The van der Waals surface area contributed by atoms with Crippen molar-refractivity contribution in [2.24, 2.45) is 0 Å². The summed E-state index contributed by atoms with van der Waals surface area (Å²) >= 11 is 0. The lowest BCUT2D eigenvalue weighted by Gasteiger charge is -2.44. The quantitative estimate of drug-likeness (QED) is 0.720. The Morgan fingerprint density at radius 3 is 2.76 bits per heavy atom. The van der Waals surface area contributed by atoms with E-state index in [4.69, 9.17) is 9.78 Å². The highest BCUT2D eigenvalue weighted by Gasteiger charge is 2.40. The first-order valence-electron chi connectivity index (χ1n) is 8.87. The monoisotopic (exact) mass is 407 g/mol. The highest BCUT2D eigenvalue weighted by molar-refractivity contribution is 5.97. The van der Waals surface area contributed by atoms with Gasteiger partial charge in [-0.2, -0.15) is 5.26 Å². The molecule has 29 heavy (non-hydrogen) atoms. The molecular formula is C18H16F3N5O3. The molecule has 0 N–H and O–H groups in total. The molecule has 1 aromatic heterocycles. The van der Waals surface area contributed by atoms with Gasteiger partial charge in [0.05, 0.1) is 6.54 Å². The van der Waals surface area contributed by atoms with E-state index in [0.717, 1.165) is 0 Å². The van der Waals surface area contributed by atoms with E-state index in [2.05, 4.69) is 16.1 Å². The van der Waals surface area contributed by atoms with Crippen LogP contribution in [0.15, 0.2) is 34.9 Å². The van der Waals surface area contributed by atoms with Gasteiger partial charge in [-0.15, -0.1) is 13.2 Å². The fourth-order valence-corrected chi connectivity index (χ4v) is 3.53. The summed E-state index contributed by atoms with van der Waals surface area (Å²) in [5.41, 5.74) is 0.645. The Morgan fingerprint density at radius 1 is 1.21 bits per heavy atom. The maximum absolute atomic E-state index is 12.9. The van der Waals surface area contributed by atoms with Crippen LogP contribution in [-0.2, 0) is 4.79 Å². The fraction of sp³-hybridized carbons (Fsp3) is 0.389. The van der Waals surface area contributed by atoms with Gasteiger partial charge in [0.25, 0.3) is 0 Å². The van der Waals surface area contributed by atoms with Gasteiger partial charge in [-0.05, 0) is 12.1 Å².